The summed E-state index contributed by atoms with van der Waals surface area (Å²) >= 11 is 3.47. The van der Waals surface area contributed by atoms with Crippen LogP contribution in [-0.2, 0) is 19.5 Å². The molecule has 0 aliphatic heterocycles. The maximum Gasteiger partial charge on any atom is 0.191 e. The molecular formula is C17H20IN3OS2. The van der Waals surface area contributed by atoms with Gasteiger partial charge in [0.1, 0.15) is 5.76 Å². The highest BCUT2D eigenvalue weighted by molar-refractivity contribution is 14.0. The van der Waals surface area contributed by atoms with Crippen molar-refractivity contribution in [2.24, 2.45) is 4.99 Å². The fourth-order valence-corrected chi connectivity index (χ4v) is 3.35. The first-order valence-corrected chi connectivity index (χ1v) is 9.25. The van der Waals surface area contributed by atoms with Gasteiger partial charge in [-0.25, -0.2) is 4.99 Å². The summed E-state index contributed by atoms with van der Waals surface area (Å²) in [5.74, 6) is 1.81. The number of guanidine groups is 1. The number of thiophene rings is 2. The van der Waals surface area contributed by atoms with Gasteiger partial charge in [0.2, 0.25) is 0 Å². The molecule has 4 nitrogen and oxygen atoms in total. The Morgan fingerprint density at radius 3 is 2.46 bits per heavy atom. The van der Waals surface area contributed by atoms with Crippen molar-refractivity contribution in [3.63, 3.8) is 0 Å². The molecule has 7 heteroatoms. The van der Waals surface area contributed by atoms with Gasteiger partial charge in [-0.1, -0.05) is 12.1 Å². The minimum absolute atomic E-state index is 0. The Labute approximate surface area is 167 Å². The molecule has 0 aliphatic carbocycles. The Morgan fingerprint density at radius 1 is 1.00 bits per heavy atom. The fourth-order valence-electron chi connectivity index (χ4n) is 2.08. The molecule has 0 atom stereocenters. The predicted octanol–water partition coefficient (Wildman–Crippen LogP) is 4.50. The van der Waals surface area contributed by atoms with Crippen molar-refractivity contribution in [1.29, 1.82) is 0 Å². The molecule has 2 N–H and O–H groups in total. The Kier molecular flexibility index (Phi) is 8.34. The van der Waals surface area contributed by atoms with Crippen molar-refractivity contribution in [2.45, 2.75) is 19.5 Å². The first-order valence-electron chi connectivity index (χ1n) is 7.49. The molecule has 0 radical (unpaired) electrons. The lowest BCUT2D eigenvalue weighted by Crippen LogP contribution is -2.37. The third-order valence-corrected chi connectivity index (χ3v) is 4.96. The second kappa shape index (κ2) is 10.5. The summed E-state index contributed by atoms with van der Waals surface area (Å²) in [7, 11) is 0. The Hall–Kier alpha value is -1.32. The van der Waals surface area contributed by atoms with Gasteiger partial charge in [0.15, 0.2) is 5.96 Å². The highest BCUT2D eigenvalue weighted by atomic mass is 127. The Morgan fingerprint density at radius 2 is 1.79 bits per heavy atom. The van der Waals surface area contributed by atoms with E-state index in [0.29, 0.717) is 6.54 Å². The molecule has 3 aromatic rings. The van der Waals surface area contributed by atoms with E-state index in [2.05, 4.69) is 50.7 Å². The highest BCUT2D eigenvalue weighted by Gasteiger charge is 2.02. The van der Waals surface area contributed by atoms with Crippen LogP contribution in [0.2, 0.25) is 0 Å². The topological polar surface area (TPSA) is 49.6 Å². The zero-order valence-corrected chi connectivity index (χ0v) is 17.1. The van der Waals surface area contributed by atoms with Crippen molar-refractivity contribution in [2.75, 3.05) is 6.54 Å². The van der Waals surface area contributed by atoms with Crippen molar-refractivity contribution < 1.29 is 4.42 Å². The fraction of sp³-hybridized carbons (Fsp3) is 0.235. The highest BCUT2D eigenvalue weighted by Crippen LogP contribution is 2.10. The molecule has 24 heavy (non-hydrogen) atoms. The molecule has 0 fully saturated rings. The Bertz CT molecular complexity index is 694. The number of nitrogens with zero attached hydrogens (tertiary/aromatic N) is 1. The molecule has 3 rings (SSSR count). The van der Waals surface area contributed by atoms with Crippen LogP contribution in [0, 0.1) is 0 Å². The molecule has 128 valence electrons. The van der Waals surface area contributed by atoms with E-state index in [1.54, 1.807) is 28.9 Å². The van der Waals surface area contributed by atoms with Crippen LogP contribution in [0.15, 0.2) is 62.8 Å². The monoisotopic (exact) mass is 473 g/mol. The molecule has 0 aliphatic rings. The lowest BCUT2D eigenvalue weighted by atomic mass is 10.3. The lowest BCUT2D eigenvalue weighted by Gasteiger charge is -2.11. The predicted molar refractivity (Wildman–Crippen MR) is 112 cm³/mol. The molecule has 3 heterocycles. The van der Waals surface area contributed by atoms with Crippen LogP contribution < -0.4 is 10.6 Å². The average molecular weight is 473 g/mol. The third-order valence-electron chi connectivity index (χ3n) is 3.23. The minimum Gasteiger partial charge on any atom is -0.469 e. The molecule has 0 bridgehead atoms. The second-order valence-electron chi connectivity index (χ2n) is 4.93. The van der Waals surface area contributed by atoms with Crippen LogP contribution in [0.3, 0.4) is 0 Å². The minimum atomic E-state index is 0. The largest absolute Gasteiger partial charge is 0.469 e. The molecule has 0 spiro atoms. The van der Waals surface area contributed by atoms with E-state index in [9.17, 15) is 0 Å². The Balaban J connectivity index is 0.00000208. The summed E-state index contributed by atoms with van der Waals surface area (Å²) in [6.45, 7) is 2.26. The second-order valence-corrected chi connectivity index (χ2v) is 7.00. The van der Waals surface area contributed by atoms with Gasteiger partial charge in [0.05, 0.1) is 19.4 Å². The van der Waals surface area contributed by atoms with Crippen molar-refractivity contribution in [3.05, 3.63) is 68.9 Å². The first kappa shape index (κ1) is 19.0. The van der Waals surface area contributed by atoms with Crippen molar-refractivity contribution in [1.82, 2.24) is 10.6 Å². The van der Waals surface area contributed by atoms with Gasteiger partial charge in [-0.3, -0.25) is 0 Å². The molecular weight excluding hydrogens is 453 g/mol. The number of hydrogen-bond acceptors (Lipinski definition) is 4. The molecule has 0 saturated heterocycles. The maximum atomic E-state index is 5.36. The van der Waals surface area contributed by atoms with E-state index in [0.717, 1.165) is 31.2 Å². The SMILES string of the molecule is I.c1coc(CCNC(=NCc2cccs2)NCc2cccs2)c1. The molecule has 0 saturated carbocycles. The van der Waals surface area contributed by atoms with Crippen LogP contribution in [0.4, 0.5) is 0 Å². The first-order chi connectivity index (χ1) is 11.4. The number of hydrogen-bond donors (Lipinski definition) is 2. The van der Waals surface area contributed by atoms with Crippen molar-refractivity contribution in [3.8, 4) is 0 Å². The molecule has 3 aromatic heterocycles. The smallest absolute Gasteiger partial charge is 0.191 e. The van der Waals surface area contributed by atoms with Crippen LogP contribution in [0.5, 0.6) is 0 Å². The van der Waals surface area contributed by atoms with E-state index < -0.39 is 0 Å². The average Bonchev–Trinajstić information content (AvgIpc) is 3.33. The summed E-state index contributed by atoms with van der Waals surface area (Å²) in [6, 6.07) is 12.2. The van der Waals surface area contributed by atoms with Crippen LogP contribution in [-0.4, -0.2) is 12.5 Å². The van der Waals surface area contributed by atoms with E-state index in [1.807, 2.05) is 12.1 Å². The van der Waals surface area contributed by atoms with Crippen LogP contribution in [0.25, 0.3) is 0 Å². The summed E-state index contributed by atoms with van der Waals surface area (Å²) in [5.41, 5.74) is 0. The van der Waals surface area contributed by atoms with E-state index in [1.165, 1.54) is 9.75 Å². The number of furan rings is 1. The summed E-state index contributed by atoms with van der Waals surface area (Å²) < 4.78 is 5.36. The number of nitrogens with one attached hydrogen (secondary N) is 2. The number of rotatable bonds is 7. The zero-order valence-electron chi connectivity index (χ0n) is 13.1. The van der Waals surface area contributed by atoms with Gasteiger partial charge in [-0.2, -0.15) is 0 Å². The van der Waals surface area contributed by atoms with Crippen LogP contribution >= 0.6 is 46.7 Å². The third kappa shape index (κ3) is 6.29. The van der Waals surface area contributed by atoms with Crippen molar-refractivity contribution >= 4 is 52.6 Å². The number of halogens is 1. The van der Waals surface area contributed by atoms with E-state index in [-0.39, 0.29) is 24.0 Å². The standard InChI is InChI=1S/C17H19N3OS2.HI/c1-4-14(21-9-1)7-8-18-17(19-12-15-5-2-10-22-15)20-13-16-6-3-11-23-16;/h1-6,9-11H,7-8,12-13H2,(H2,18,19,20);1H. The quantitative estimate of drug-likeness (QED) is 0.302. The van der Waals surface area contributed by atoms with Crippen LogP contribution in [0.1, 0.15) is 15.5 Å². The summed E-state index contributed by atoms with van der Waals surface area (Å²) in [6.07, 6.45) is 2.54. The summed E-state index contributed by atoms with van der Waals surface area (Å²) in [4.78, 5) is 7.21. The van der Waals surface area contributed by atoms with Gasteiger partial charge in [0.25, 0.3) is 0 Å². The molecule has 0 aromatic carbocycles. The number of aliphatic imine (C=N–C) groups is 1. The maximum absolute atomic E-state index is 5.36. The lowest BCUT2D eigenvalue weighted by molar-refractivity contribution is 0.506. The normalized spacial score (nSPS) is 11.1. The zero-order chi connectivity index (χ0) is 15.7. The van der Waals surface area contributed by atoms with Gasteiger partial charge >= 0.3 is 0 Å². The van der Waals surface area contributed by atoms with Gasteiger partial charge in [0, 0.05) is 22.7 Å². The van der Waals surface area contributed by atoms with E-state index >= 15 is 0 Å². The van der Waals surface area contributed by atoms with E-state index in [4.69, 9.17) is 4.42 Å². The van der Waals surface area contributed by atoms with Gasteiger partial charge < -0.3 is 15.1 Å². The molecule has 0 amide bonds. The van der Waals surface area contributed by atoms with Gasteiger partial charge in [-0.05, 0) is 35.0 Å². The molecule has 0 unspecified atom stereocenters. The van der Waals surface area contributed by atoms with Gasteiger partial charge in [-0.15, -0.1) is 46.7 Å². The summed E-state index contributed by atoms with van der Waals surface area (Å²) in [5, 5.41) is 10.9.